The fraction of sp³-hybridized carbons (Fsp3) is 0.0769. The van der Waals surface area contributed by atoms with Gasteiger partial charge < -0.3 is 9.84 Å². The van der Waals surface area contributed by atoms with Crippen molar-refractivity contribution >= 4 is 5.78 Å². The van der Waals surface area contributed by atoms with E-state index in [1.165, 1.54) is 30.6 Å². The van der Waals surface area contributed by atoms with Crippen molar-refractivity contribution in [3.63, 3.8) is 0 Å². The summed E-state index contributed by atoms with van der Waals surface area (Å²) < 4.78 is 28.4. The van der Waals surface area contributed by atoms with E-state index in [0.29, 0.717) is 0 Å². The molecule has 1 heterocycles. The van der Waals surface area contributed by atoms with Gasteiger partial charge in [0, 0.05) is 18.0 Å². The maximum absolute atomic E-state index is 12.1. The van der Waals surface area contributed by atoms with E-state index in [-0.39, 0.29) is 11.1 Å². The molecule has 0 radical (unpaired) electrons. The van der Waals surface area contributed by atoms with E-state index in [0.717, 1.165) is 6.07 Å². The van der Waals surface area contributed by atoms with Crippen molar-refractivity contribution in [3.05, 3.63) is 53.9 Å². The second kappa shape index (κ2) is 5.43. The van der Waals surface area contributed by atoms with Crippen LogP contribution in [0.15, 0.2) is 42.7 Å². The zero-order valence-corrected chi connectivity index (χ0v) is 9.59. The van der Waals surface area contributed by atoms with Crippen molar-refractivity contribution in [3.8, 4) is 11.5 Å². The summed E-state index contributed by atoms with van der Waals surface area (Å²) in [6.07, 6.45) is 2.81. The van der Waals surface area contributed by atoms with Crippen molar-refractivity contribution in [1.29, 1.82) is 0 Å². The molecule has 98 valence electrons. The van der Waals surface area contributed by atoms with Gasteiger partial charge in [-0.15, -0.1) is 0 Å². The second-order valence-electron chi connectivity index (χ2n) is 3.60. The summed E-state index contributed by atoms with van der Waals surface area (Å²) in [5, 5.41) is 9.77. The highest BCUT2D eigenvalue weighted by Crippen LogP contribution is 2.32. The quantitative estimate of drug-likeness (QED) is 0.863. The van der Waals surface area contributed by atoms with Gasteiger partial charge in [0.2, 0.25) is 0 Å². The highest BCUT2D eigenvalue weighted by molar-refractivity contribution is 6.10. The lowest BCUT2D eigenvalue weighted by Gasteiger charge is -2.09. The number of nitrogens with zero attached hydrogens (tertiary/aromatic N) is 1. The predicted octanol–water partition coefficient (Wildman–Crippen LogP) is 2.62. The van der Waals surface area contributed by atoms with E-state index in [9.17, 15) is 18.7 Å². The van der Waals surface area contributed by atoms with Crippen molar-refractivity contribution in [2.75, 3.05) is 0 Å². The van der Waals surface area contributed by atoms with Gasteiger partial charge in [-0.1, -0.05) is 6.07 Å². The standard InChI is InChI=1S/C13H9F2NO3/c14-13(15)19-10-5-1-4-9(12(10)18)11(17)8-3-2-6-16-7-8/h1-7,13,18H. The summed E-state index contributed by atoms with van der Waals surface area (Å²) in [5.41, 5.74) is 0.123. The topological polar surface area (TPSA) is 59.4 Å². The minimum Gasteiger partial charge on any atom is -0.504 e. The number of phenolic OH excluding ortho intramolecular Hbond substituents is 1. The van der Waals surface area contributed by atoms with Crippen LogP contribution in [0.5, 0.6) is 11.5 Å². The molecule has 1 aromatic carbocycles. The third-order valence-corrected chi connectivity index (χ3v) is 2.38. The summed E-state index contributed by atoms with van der Waals surface area (Å²) in [7, 11) is 0. The van der Waals surface area contributed by atoms with Crippen molar-refractivity contribution in [2.24, 2.45) is 0 Å². The molecule has 0 amide bonds. The van der Waals surface area contributed by atoms with Gasteiger partial charge in [-0.3, -0.25) is 9.78 Å². The van der Waals surface area contributed by atoms with Gasteiger partial charge in [-0.2, -0.15) is 8.78 Å². The number of carbonyl (C=O) groups is 1. The Bertz CT molecular complexity index is 588. The number of aromatic hydroxyl groups is 1. The average molecular weight is 265 g/mol. The number of ether oxygens (including phenoxy) is 1. The molecule has 0 bridgehead atoms. The van der Waals surface area contributed by atoms with E-state index in [2.05, 4.69) is 9.72 Å². The summed E-state index contributed by atoms with van der Waals surface area (Å²) in [6, 6.07) is 6.89. The zero-order chi connectivity index (χ0) is 13.8. The lowest BCUT2D eigenvalue weighted by Crippen LogP contribution is -2.06. The summed E-state index contributed by atoms with van der Waals surface area (Å²) >= 11 is 0. The first-order valence-corrected chi connectivity index (χ1v) is 5.31. The lowest BCUT2D eigenvalue weighted by atomic mass is 10.0. The molecular formula is C13H9F2NO3. The van der Waals surface area contributed by atoms with Crippen LogP contribution in [0.3, 0.4) is 0 Å². The van der Waals surface area contributed by atoms with Crippen molar-refractivity contribution in [2.45, 2.75) is 6.61 Å². The number of aromatic nitrogens is 1. The molecule has 0 unspecified atom stereocenters. The van der Waals surface area contributed by atoms with Gasteiger partial charge >= 0.3 is 6.61 Å². The number of phenols is 1. The molecule has 0 fully saturated rings. The van der Waals surface area contributed by atoms with Gasteiger partial charge in [-0.05, 0) is 24.3 Å². The molecule has 6 heteroatoms. The fourth-order valence-electron chi connectivity index (χ4n) is 1.55. The Morgan fingerprint density at radius 1 is 1.26 bits per heavy atom. The second-order valence-corrected chi connectivity index (χ2v) is 3.60. The third kappa shape index (κ3) is 2.85. The number of halogens is 2. The molecular weight excluding hydrogens is 256 g/mol. The van der Waals surface area contributed by atoms with Crippen LogP contribution in [-0.2, 0) is 0 Å². The molecule has 0 aliphatic heterocycles. The lowest BCUT2D eigenvalue weighted by molar-refractivity contribution is -0.0513. The highest BCUT2D eigenvalue weighted by atomic mass is 19.3. The Morgan fingerprint density at radius 3 is 2.68 bits per heavy atom. The fourth-order valence-corrected chi connectivity index (χ4v) is 1.55. The molecule has 1 N–H and O–H groups in total. The van der Waals surface area contributed by atoms with Crippen molar-refractivity contribution in [1.82, 2.24) is 4.98 Å². The minimum atomic E-state index is -3.07. The van der Waals surface area contributed by atoms with Crippen LogP contribution in [0.25, 0.3) is 0 Å². The molecule has 19 heavy (non-hydrogen) atoms. The molecule has 0 saturated heterocycles. The summed E-state index contributed by atoms with van der Waals surface area (Å²) in [6.45, 7) is -3.07. The Kier molecular flexibility index (Phi) is 3.70. The Morgan fingerprint density at radius 2 is 2.05 bits per heavy atom. The van der Waals surface area contributed by atoms with Crippen LogP contribution in [0.1, 0.15) is 15.9 Å². The van der Waals surface area contributed by atoms with Gasteiger partial charge in [0.05, 0.1) is 5.56 Å². The molecule has 4 nitrogen and oxygen atoms in total. The van der Waals surface area contributed by atoms with Crippen LogP contribution in [0, 0.1) is 0 Å². The number of hydrogen-bond donors (Lipinski definition) is 1. The van der Waals surface area contributed by atoms with Gasteiger partial charge in [0.1, 0.15) is 0 Å². The first-order chi connectivity index (χ1) is 9.09. The number of para-hydroxylation sites is 1. The molecule has 0 aliphatic rings. The van der Waals surface area contributed by atoms with E-state index < -0.39 is 23.9 Å². The molecule has 0 saturated carbocycles. The van der Waals surface area contributed by atoms with Crippen LogP contribution in [-0.4, -0.2) is 22.5 Å². The first-order valence-electron chi connectivity index (χ1n) is 5.31. The number of ketones is 1. The molecule has 0 spiro atoms. The normalized spacial score (nSPS) is 10.5. The van der Waals surface area contributed by atoms with Gasteiger partial charge in [0.25, 0.3) is 0 Å². The number of benzene rings is 1. The average Bonchev–Trinajstić information content (AvgIpc) is 2.41. The predicted molar refractivity (Wildman–Crippen MR) is 62.4 cm³/mol. The summed E-state index contributed by atoms with van der Waals surface area (Å²) in [5.74, 6) is -1.58. The minimum absolute atomic E-state index is 0.119. The number of rotatable bonds is 4. The van der Waals surface area contributed by atoms with Crippen LogP contribution < -0.4 is 4.74 Å². The summed E-state index contributed by atoms with van der Waals surface area (Å²) in [4.78, 5) is 15.8. The van der Waals surface area contributed by atoms with Gasteiger partial charge in [0.15, 0.2) is 17.3 Å². The Balaban J connectivity index is 2.38. The van der Waals surface area contributed by atoms with Crippen molar-refractivity contribution < 1.29 is 23.4 Å². The number of hydrogen-bond acceptors (Lipinski definition) is 4. The van der Waals surface area contributed by atoms with E-state index in [1.54, 1.807) is 6.07 Å². The first kappa shape index (κ1) is 12.9. The molecule has 2 rings (SSSR count). The Labute approximate surface area is 107 Å². The van der Waals surface area contributed by atoms with Crippen LogP contribution in [0.2, 0.25) is 0 Å². The van der Waals surface area contributed by atoms with Crippen LogP contribution in [0.4, 0.5) is 8.78 Å². The maximum Gasteiger partial charge on any atom is 0.387 e. The van der Waals surface area contributed by atoms with E-state index in [4.69, 9.17) is 0 Å². The highest BCUT2D eigenvalue weighted by Gasteiger charge is 2.18. The maximum atomic E-state index is 12.1. The number of carbonyl (C=O) groups excluding carboxylic acids is 1. The Hall–Kier alpha value is -2.50. The third-order valence-electron chi connectivity index (χ3n) is 2.38. The largest absolute Gasteiger partial charge is 0.504 e. The van der Waals surface area contributed by atoms with Gasteiger partial charge in [-0.25, -0.2) is 0 Å². The monoisotopic (exact) mass is 265 g/mol. The number of pyridine rings is 1. The van der Waals surface area contributed by atoms with E-state index in [1.807, 2.05) is 0 Å². The molecule has 0 atom stereocenters. The smallest absolute Gasteiger partial charge is 0.387 e. The zero-order valence-electron chi connectivity index (χ0n) is 9.59. The molecule has 1 aromatic heterocycles. The molecule has 0 aliphatic carbocycles. The van der Waals surface area contributed by atoms with Crippen LogP contribution >= 0.6 is 0 Å². The molecule has 2 aromatic rings. The van der Waals surface area contributed by atoms with E-state index >= 15 is 0 Å². The SMILES string of the molecule is O=C(c1cccnc1)c1cccc(OC(F)F)c1O. The number of alkyl halides is 2.